The first-order chi connectivity index (χ1) is 8.54. The van der Waals surface area contributed by atoms with Gasteiger partial charge in [0.15, 0.2) is 0 Å². The van der Waals surface area contributed by atoms with Gasteiger partial charge in [-0.1, -0.05) is 17.7 Å². The maximum Gasteiger partial charge on any atom is 0.0897 e. The van der Waals surface area contributed by atoms with Crippen molar-refractivity contribution < 1.29 is 0 Å². The quantitative estimate of drug-likeness (QED) is 0.874. The van der Waals surface area contributed by atoms with Crippen LogP contribution in [0.2, 0.25) is 5.02 Å². The summed E-state index contributed by atoms with van der Waals surface area (Å²) in [5, 5.41) is 3.91. The molecule has 0 saturated carbocycles. The Kier molecular flexibility index (Phi) is 4.22. The first-order valence-corrected chi connectivity index (χ1v) is 6.94. The summed E-state index contributed by atoms with van der Waals surface area (Å²) in [5.41, 5.74) is 8.56. The average Bonchev–Trinajstić information content (AvgIpc) is 2.68. The highest BCUT2D eigenvalue weighted by molar-refractivity contribution is 7.09. The van der Waals surface area contributed by atoms with Crippen LogP contribution in [0.5, 0.6) is 0 Å². The molecule has 2 rings (SSSR count). The van der Waals surface area contributed by atoms with E-state index in [0.29, 0.717) is 5.69 Å². The van der Waals surface area contributed by atoms with Crippen LogP contribution in [0.1, 0.15) is 16.3 Å². The van der Waals surface area contributed by atoms with E-state index >= 15 is 0 Å². The number of thiazole rings is 1. The minimum Gasteiger partial charge on any atom is -0.399 e. The van der Waals surface area contributed by atoms with Crippen LogP contribution < -0.4 is 5.73 Å². The third-order valence-electron chi connectivity index (χ3n) is 2.62. The van der Waals surface area contributed by atoms with E-state index in [4.69, 9.17) is 17.3 Å². The van der Waals surface area contributed by atoms with E-state index in [1.165, 1.54) is 0 Å². The SMILES string of the molecule is Cc1nc(CN(C)Cc2ccc(N)cc2Cl)cs1. The minimum absolute atomic E-state index is 0.696. The molecule has 0 aliphatic rings. The van der Waals surface area contributed by atoms with Crippen LogP contribution in [0.25, 0.3) is 0 Å². The molecule has 0 unspecified atom stereocenters. The van der Waals surface area contributed by atoms with Gasteiger partial charge in [0.1, 0.15) is 0 Å². The highest BCUT2D eigenvalue weighted by Crippen LogP contribution is 2.21. The molecule has 0 amide bonds. The van der Waals surface area contributed by atoms with Crippen molar-refractivity contribution in [3.63, 3.8) is 0 Å². The summed E-state index contributed by atoms with van der Waals surface area (Å²) < 4.78 is 0. The van der Waals surface area contributed by atoms with Crippen molar-refractivity contribution in [2.24, 2.45) is 0 Å². The van der Waals surface area contributed by atoms with E-state index in [1.54, 1.807) is 17.4 Å². The van der Waals surface area contributed by atoms with E-state index in [-0.39, 0.29) is 0 Å². The van der Waals surface area contributed by atoms with Crippen molar-refractivity contribution in [1.82, 2.24) is 9.88 Å². The van der Waals surface area contributed by atoms with E-state index in [1.807, 2.05) is 19.1 Å². The molecule has 18 heavy (non-hydrogen) atoms. The standard InChI is InChI=1S/C13H16ClN3S/c1-9-16-12(8-18-9)7-17(2)6-10-3-4-11(15)5-13(10)14/h3-5,8H,6-7,15H2,1-2H3. The molecule has 96 valence electrons. The first-order valence-electron chi connectivity index (χ1n) is 5.68. The van der Waals surface area contributed by atoms with E-state index in [0.717, 1.165) is 34.4 Å². The van der Waals surface area contributed by atoms with Gasteiger partial charge < -0.3 is 5.73 Å². The summed E-state index contributed by atoms with van der Waals surface area (Å²) in [6.07, 6.45) is 0. The lowest BCUT2D eigenvalue weighted by atomic mass is 10.2. The fourth-order valence-electron chi connectivity index (χ4n) is 1.80. The summed E-state index contributed by atoms with van der Waals surface area (Å²) in [4.78, 5) is 6.64. The molecule has 1 aromatic heterocycles. The number of aryl methyl sites for hydroxylation is 1. The number of hydrogen-bond acceptors (Lipinski definition) is 4. The molecule has 0 saturated heterocycles. The van der Waals surface area contributed by atoms with Gasteiger partial charge >= 0.3 is 0 Å². The predicted molar refractivity (Wildman–Crippen MR) is 77.9 cm³/mol. The Morgan fingerprint density at radius 2 is 2.17 bits per heavy atom. The van der Waals surface area contributed by atoms with Crippen molar-refractivity contribution in [3.05, 3.63) is 44.9 Å². The molecule has 0 fully saturated rings. The van der Waals surface area contributed by atoms with Crippen molar-refractivity contribution in [1.29, 1.82) is 0 Å². The van der Waals surface area contributed by atoms with Gasteiger partial charge in [-0.25, -0.2) is 4.98 Å². The minimum atomic E-state index is 0.696. The van der Waals surface area contributed by atoms with Crippen molar-refractivity contribution in [2.45, 2.75) is 20.0 Å². The van der Waals surface area contributed by atoms with Gasteiger partial charge in [-0.05, 0) is 31.7 Å². The fraction of sp³-hybridized carbons (Fsp3) is 0.308. The molecule has 1 heterocycles. The van der Waals surface area contributed by atoms with E-state index < -0.39 is 0 Å². The highest BCUT2D eigenvalue weighted by Gasteiger charge is 2.07. The molecule has 1 aromatic carbocycles. The second-order valence-electron chi connectivity index (χ2n) is 4.38. The Morgan fingerprint density at radius 1 is 1.39 bits per heavy atom. The largest absolute Gasteiger partial charge is 0.399 e. The zero-order valence-corrected chi connectivity index (χ0v) is 12.1. The number of anilines is 1. The average molecular weight is 282 g/mol. The van der Waals surface area contributed by atoms with Crippen LogP contribution in [-0.2, 0) is 13.1 Å². The van der Waals surface area contributed by atoms with Crippen LogP contribution >= 0.6 is 22.9 Å². The molecule has 0 aliphatic heterocycles. The summed E-state index contributed by atoms with van der Waals surface area (Å²) in [6.45, 7) is 3.63. The van der Waals surface area contributed by atoms with Crippen LogP contribution in [0.4, 0.5) is 5.69 Å². The normalized spacial score (nSPS) is 11.1. The number of nitrogens with zero attached hydrogens (tertiary/aromatic N) is 2. The number of halogens is 1. The second kappa shape index (κ2) is 5.69. The van der Waals surface area contributed by atoms with Gasteiger partial charge in [0, 0.05) is 29.2 Å². The number of nitrogen functional groups attached to an aromatic ring is 1. The summed E-state index contributed by atoms with van der Waals surface area (Å²) in [7, 11) is 2.06. The van der Waals surface area contributed by atoms with Gasteiger partial charge in [0.05, 0.1) is 10.7 Å². The molecule has 2 N–H and O–H groups in total. The number of nitrogens with two attached hydrogens (primary N) is 1. The van der Waals surface area contributed by atoms with Gasteiger partial charge in [-0.2, -0.15) is 0 Å². The fourth-order valence-corrected chi connectivity index (χ4v) is 2.65. The third-order valence-corrected chi connectivity index (χ3v) is 3.79. The summed E-state index contributed by atoms with van der Waals surface area (Å²) >= 11 is 7.84. The Balaban J connectivity index is 2.00. The monoisotopic (exact) mass is 281 g/mol. The third kappa shape index (κ3) is 3.45. The predicted octanol–water partition coefficient (Wildman–Crippen LogP) is 3.32. The van der Waals surface area contributed by atoms with Crippen LogP contribution in [0, 0.1) is 6.92 Å². The van der Waals surface area contributed by atoms with E-state index in [9.17, 15) is 0 Å². The topological polar surface area (TPSA) is 42.2 Å². The Morgan fingerprint density at radius 3 is 2.78 bits per heavy atom. The smallest absolute Gasteiger partial charge is 0.0897 e. The van der Waals surface area contributed by atoms with Crippen LogP contribution in [0.15, 0.2) is 23.6 Å². The summed E-state index contributed by atoms with van der Waals surface area (Å²) in [6, 6.07) is 5.64. The first kappa shape index (κ1) is 13.3. The number of hydrogen-bond donors (Lipinski definition) is 1. The number of rotatable bonds is 4. The molecule has 0 atom stereocenters. The van der Waals surface area contributed by atoms with Gasteiger partial charge in [-0.3, -0.25) is 4.90 Å². The maximum absolute atomic E-state index is 6.16. The molecule has 0 radical (unpaired) electrons. The zero-order valence-electron chi connectivity index (χ0n) is 10.5. The zero-order chi connectivity index (χ0) is 13.1. The lowest BCUT2D eigenvalue weighted by molar-refractivity contribution is 0.316. The Hall–Kier alpha value is -1.10. The van der Waals surface area contributed by atoms with Crippen molar-refractivity contribution in [3.8, 4) is 0 Å². The molecule has 2 aromatic rings. The maximum atomic E-state index is 6.16. The number of benzene rings is 1. The molecule has 5 heteroatoms. The van der Waals surface area contributed by atoms with Crippen LogP contribution in [0.3, 0.4) is 0 Å². The molecule has 0 bridgehead atoms. The van der Waals surface area contributed by atoms with Gasteiger partial charge in [0.2, 0.25) is 0 Å². The number of aromatic nitrogens is 1. The Bertz CT molecular complexity index is 539. The Labute approximate surface area is 116 Å². The molecule has 0 aliphatic carbocycles. The van der Waals surface area contributed by atoms with Crippen molar-refractivity contribution >= 4 is 28.6 Å². The van der Waals surface area contributed by atoms with Crippen molar-refractivity contribution in [2.75, 3.05) is 12.8 Å². The molecule has 3 nitrogen and oxygen atoms in total. The van der Waals surface area contributed by atoms with Gasteiger partial charge in [0.25, 0.3) is 0 Å². The van der Waals surface area contributed by atoms with Crippen LogP contribution in [-0.4, -0.2) is 16.9 Å². The second-order valence-corrected chi connectivity index (χ2v) is 5.85. The summed E-state index contributed by atoms with van der Waals surface area (Å²) in [5.74, 6) is 0. The highest BCUT2D eigenvalue weighted by atomic mass is 35.5. The lowest BCUT2D eigenvalue weighted by Gasteiger charge is -2.16. The van der Waals surface area contributed by atoms with E-state index in [2.05, 4.69) is 22.3 Å². The molecule has 0 spiro atoms. The lowest BCUT2D eigenvalue weighted by Crippen LogP contribution is -2.17. The van der Waals surface area contributed by atoms with Gasteiger partial charge in [-0.15, -0.1) is 11.3 Å². The molecular formula is C13H16ClN3S. The molecular weight excluding hydrogens is 266 g/mol.